The van der Waals surface area contributed by atoms with Crippen molar-refractivity contribution >= 4 is 29.4 Å². The van der Waals surface area contributed by atoms with E-state index in [9.17, 15) is 4.79 Å². The summed E-state index contributed by atoms with van der Waals surface area (Å²) >= 11 is 0. The summed E-state index contributed by atoms with van der Waals surface area (Å²) in [5.74, 6) is 0.992. The molecule has 0 aliphatic heterocycles. The molecule has 0 aliphatic rings. The van der Waals surface area contributed by atoms with Crippen molar-refractivity contribution in [2.45, 2.75) is 0 Å². The SMILES string of the molecule is O=C(NCCOCCOCCNc1nc(NCCO)nc(Nc2ccccc2)n1)c1ccccc1. The second-order valence-corrected chi connectivity index (χ2v) is 7.22. The highest BCUT2D eigenvalue weighted by molar-refractivity contribution is 5.94. The molecular formula is C24H31N7O4. The first kappa shape index (κ1) is 25.8. The van der Waals surface area contributed by atoms with Crippen LogP contribution in [-0.2, 0) is 9.47 Å². The minimum atomic E-state index is -0.119. The number of ether oxygens (including phenoxy) is 2. The third-order valence-electron chi connectivity index (χ3n) is 4.53. The van der Waals surface area contributed by atoms with Gasteiger partial charge >= 0.3 is 0 Å². The lowest BCUT2D eigenvalue weighted by molar-refractivity contribution is 0.0519. The average Bonchev–Trinajstić information content (AvgIpc) is 2.89. The fourth-order valence-electron chi connectivity index (χ4n) is 2.89. The van der Waals surface area contributed by atoms with Crippen LogP contribution in [0, 0.1) is 0 Å². The van der Waals surface area contributed by atoms with Gasteiger partial charge in [0.25, 0.3) is 5.91 Å². The van der Waals surface area contributed by atoms with E-state index in [1.807, 2.05) is 48.5 Å². The Kier molecular flexibility index (Phi) is 11.2. The molecule has 35 heavy (non-hydrogen) atoms. The number of carbonyl (C=O) groups is 1. The van der Waals surface area contributed by atoms with E-state index in [-0.39, 0.29) is 12.5 Å². The second kappa shape index (κ2) is 15.2. The van der Waals surface area contributed by atoms with Crippen molar-refractivity contribution in [3.63, 3.8) is 0 Å². The number of para-hydroxylation sites is 1. The monoisotopic (exact) mass is 481 g/mol. The third kappa shape index (κ3) is 9.92. The number of rotatable bonds is 16. The van der Waals surface area contributed by atoms with E-state index in [0.717, 1.165) is 5.69 Å². The molecule has 0 aliphatic carbocycles. The molecule has 1 aromatic heterocycles. The normalized spacial score (nSPS) is 10.5. The second-order valence-electron chi connectivity index (χ2n) is 7.22. The van der Waals surface area contributed by atoms with Crippen LogP contribution in [0.5, 0.6) is 0 Å². The summed E-state index contributed by atoms with van der Waals surface area (Å²) in [6, 6.07) is 18.6. The molecule has 2 aromatic carbocycles. The van der Waals surface area contributed by atoms with Crippen LogP contribution < -0.4 is 21.3 Å². The van der Waals surface area contributed by atoms with E-state index in [1.165, 1.54) is 0 Å². The van der Waals surface area contributed by atoms with Gasteiger partial charge in [0.15, 0.2) is 0 Å². The highest BCUT2D eigenvalue weighted by atomic mass is 16.5. The van der Waals surface area contributed by atoms with Crippen LogP contribution in [0.1, 0.15) is 10.4 Å². The summed E-state index contributed by atoms with van der Waals surface area (Å²) in [5, 5.41) is 21.1. The molecule has 1 heterocycles. The number of anilines is 4. The molecule has 3 aromatic rings. The summed E-state index contributed by atoms with van der Waals surface area (Å²) in [4.78, 5) is 24.9. The Morgan fingerprint density at radius 3 is 1.94 bits per heavy atom. The van der Waals surface area contributed by atoms with E-state index >= 15 is 0 Å². The molecule has 11 nitrogen and oxygen atoms in total. The predicted molar refractivity (Wildman–Crippen MR) is 134 cm³/mol. The van der Waals surface area contributed by atoms with Crippen molar-refractivity contribution < 1.29 is 19.4 Å². The summed E-state index contributed by atoms with van der Waals surface area (Å²) in [6.07, 6.45) is 0. The molecule has 0 saturated carbocycles. The number of aliphatic hydroxyl groups excluding tert-OH is 1. The molecule has 0 atom stereocenters. The van der Waals surface area contributed by atoms with Gasteiger partial charge in [-0.2, -0.15) is 15.0 Å². The van der Waals surface area contributed by atoms with Crippen molar-refractivity contribution in [1.29, 1.82) is 0 Å². The number of nitrogens with one attached hydrogen (secondary N) is 4. The lowest BCUT2D eigenvalue weighted by Crippen LogP contribution is -2.27. The maximum atomic E-state index is 11.9. The first-order valence-corrected chi connectivity index (χ1v) is 11.4. The predicted octanol–water partition coefficient (Wildman–Crippen LogP) is 1.89. The molecule has 0 bridgehead atoms. The highest BCUT2D eigenvalue weighted by Crippen LogP contribution is 2.15. The zero-order chi connectivity index (χ0) is 24.6. The van der Waals surface area contributed by atoms with Gasteiger partial charge in [-0.05, 0) is 24.3 Å². The van der Waals surface area contributed by atoms with Crippen LogP contribution in [-0.4, -0.2) is 78.6 Å². The maximum absolute atomic E-state index is 11.9. The quantitative estimate of drug-likeness (QED) is 0.193. The van der Waals surface area contributed by atoms with Gasteiger partial charge in [0.05, 0.1) is 33.0 Å². The Bertz CT molecular complexity index is 1010. The maximum Gasteiger partial charge on any atom is 0.251 e. The fourth-order valence-corrected chi connectivity index (χ4v) is 2.89. The highest BCUT2D eigenvalue weighted by Gasteiger charge is 2.07. The van der Waals surface area contributed by atoms with Gasteiger partial charge in [0.1, 0.15) is 0 Å². The molecule has 5 N–H and O–H groups in total. The molecule has 3 rings (SSSR count). The Labute approximate surface area is 204 Å². The first-order valence-electron chi connectivity index (χ1n) is 11.4. The molecule has 1 amide bonds. The fraction of sp³-hybridized carbons (Fsp3) is 0.333. The number of hydrogen-bond donors (Lipinski definition) is 5. The Morgan fingerprint density at radius 1 is 0.714 bits per heavy atom. The number of aliphatic hydroxyl groups is 1. The van der Waals surface area contributed by atoms with Gasteiger partial charge in [-0.3, -0.25) is 4.79 Å². The largest absolute Gasteiger partial charge is 0.395 e. The van der Waals surface area contributed by atoms with E-state index in [0.29, 0.717) is 69.5 Å². The standard InChI is InChI=1S/C24H31N7O4/c32-14-11-26-22-29-23(31-24(30-22)28-20-9-5-2-6-10-20)27-13-16-35-18-17-34-15-12-25-21(33)19-7-3-1-4-8-19/h1-10,32H,11-18H2,(H,25,33)(H3,26,27,28,29,30,31). The van der Waals surface area contributed by atoms with E-state index in [2.05, 4.69) is 36.2 Å². The van der Waals surface area contributed by atoms with Gasteiger partial charge in [0.2, 0.25) is 17.8 Å². The number of nitrogens with zero attached hydrogens (tertiary/aromatic N) is 3. The zero-order valence-electron chi connectivity index (χ0n) is 19.4. The van der Waals surface area contributed by atoms with Gasteiger partial charge in [-0.25, -0.2) is 0 Å². The topological polar surface area (TPSA) is 143 Å². The van der Waals surface area contributed by atoms with Gasteiger partial charge in [-0.15, -0.1) is 0 Å². The average molecular weight is 482 g/mol. The van der Waals surface area contributed by atoms with Gasteiger partial charge < -0.3 is 35.8 Å². The molecule has 0 radical (unpaired) electrons. The number of amides is 1. The van der Waals surface area contributed by atoms with Crippen LogP contribution in [0.3, 0.4) is 0 Å². The van der Waals surface area contributed by atoms with Crippen molar-refractivity contribution in [2.24, 2.45) is 0 Å². The summed E-state index contributed by atoms with van der Waals surface area (Å²) in [7, 11) is 0. The summed E-state index contributed by atoms with van der Waals surface area (Å²) in [6.45, 7) is 2.90. The Morgan fingerprint density at radius 2 is 1.29 bits per heavy atom. The lowest BCUT2D eigenvalue weighted by Gasteiger charge is -2.11. The Hall–Kier alpha value is -3.80. The van der Waals surface area contributed by atoms with Gasteiger partial charge in [-0.1, -0.05) is 36.4 Å². The number of aromatic nitrogens is 3. The molecule has 0 spiro atoms. The minimum absolute atomic E-state index is 0.0365. The van der Waals surface area contributed by atoms with Crippen LogP contribution in [0.2, 0.25) is 0 Å². The van der Waals surface area contributed by atoms with Crippen LogP contribution >= 0.6 is 0 Å². The number of benzene rings is 2. The molecular weight excluding hydrogens is 450 g/mol. The van der Waals surface area contributed by atoms with E-state index in [4.69, 9.17) is 14.6 Å². The van der Waals surface area contributed by atoms with E-state index < -0.39 is 0 Å². The summed E-state index contributed by atoms with van der Waals surface area (Å²) in [5.41, 5.74) is 1.47. The summed E-state index contributed by atoms with van der Waals surface area (Å²) < 4.78 is 11.0. The lowest BCUT2D eigenvalue weighted by atomic mass is 10.2. The zero-order valence-corrected chi connectivity index (χ0v) is 19.4. The van der Waals surface area contributed by atoms with Crippen molar-refractivity contribution in [3.05, 3.63) is 66.2 Å². The smallest absolute Gasteiger partial charge is 0.251 e. The van der Waals surface area contributed by atoms with E-state index in [1.54, 1.807) is 12.1 Å². The van der Waals surface area contributed by atoms with Crippen LogP contribution in [0.4, 0.5) is 23.5 Å². The Balaban J connectivity index is 1.31. The van der Waals surface area contributed by atoms with Crippen LogP contribution in [0.25, 0.3) is 0 Å². The molecule has 0 unspecified atom stereocenters. The molecule has 186 valence electrons. The minimum Gasteiger partial charge on any atom is -0.395 e. The van der Waals surface area contributed by atoms with Crippen molar-refractivity contribution in [1.82, 2.24) is 20.3 Å². The van der Waals surface area contributed by atoms with Crippen molar-refractivity contribution in [2.75, 3.05) is 68.6 Å². The van der Waals surface area contributed by atoms with Crippen molar-refractivity contribution in [3.8, 4) is 0 Å². The van der Waals surface area contributed by atoms with Gasteiger partial charge in [0, 0.05) is 30.9 Å². The molecule has 0 saturated heterocycles. The molecule has 0 fully saturated rings. The molecule has 11 heteroatoms. The number of carbonyl (C=O) groups excluding carboxylic acids is 1. The third-order valence-corrected chi connectivity index (χ3v) is 4.53. The first-order chi connectivity index (χ1) is 17.2. The van der Waals surface area contributed by atoms with Crippen LogP contribution in [0.15, 0.2) is 60.7 Å². The number of hydrogen-bond acceptors (Lipinski definition) is 10.